The zero-order chi connectivity index (χ0) is 21.5. The molecule has 5 nitrogen and oxygen atoms in total. The Labute approximate surface area is 179 Å². The van der Waals surface area contributed by atoms with Gasteiger partial charge in [-0.2, -0.15) is 11.8 Å². The van der Waals surface area contributed by atoms with Gasteiger partial charge in [0.1, 0.15) is 5.82 Å². The second-order valence-electron chi connectivity index (χ2n) is 7.39. The maximum absolute atomic E-state index is 14.1. The molecule has 156 valence electrons. The van der Waals surface area contributed by atoms with E-state index in [1.165, 1.54) is 18.3 Å². The number of amides is 1. The van der Waals surface area contributed by atoms with E-state index in [4.69, 9.17) is 0 Å². The monoisotopic (exact) mass is 444 g/mol. The molecule has 1 fully saturated rings. The van der Waals surface area contributed by atoms with E-state index in [0.29, 0.717) is 18.6 Å². The van der Waals surface area contributed by atoms with E-state index in [2.05, 4.69) is 4.98 Å². The van der Waals surface area contributed by atoms with Crippen LogP contribution in [0.15, 0.2) is 52.4 Å². The molecule has 0 N–H and O–H groups in total. The molecule has 2 aromatic carbocycles. The molecule has 0 atom stereocenters. The van der Waals surface area contributed by atoms with Crippen molar-refractivity contribution in [1.82, 2.24) is 9.88 Å². The van der Waals surface area contributed by atoms with Gasteiger partial charge in [0.05, 0.1) is 20.9 Å². The van der Waals surface area contributed by atoms with E-state index in [9.17, 15) is 17.6 Å². The van der Waals surface area contributed by atoms with Crippen LogP contribution in [-0.2, 0) is 9.84 Å². The lowest BCUT2D eigenvalue weighted by molar-refractivity contribution is 0.0768. The first-order valence-electron chi connectivity index (χ1n) is 9.56. The van der Waals surface area contributed by atoms with E-state index < -0.39 is 21.6 Å². The summed E-state index contributed by atoms with van der Waals surface area (Å²) in [7, 11) is -4.10. The fourth-order valence-corrected chi connectivity index (χ4v) is 6.43. The van der Waals surface area contributed by atoms with Gasteiger partial charge >= 0.3 is 0 Å². The second kappa shape index (κ2) is 8.00. The van der Waals surface area contributed by atoms with Gasteiger partial charge in [-0.1, -0.05) is 6.07 Å². The Morgan fingerprint density at radius 2 is 1.73 bits per heavy atom. The van der Waals surface area contributed by atoms with Crippen molar-refractivity contribution in [2.45, 2.75) is 23.6 Å². The summed E-state index contributed by atoms with van der Waals surface area (Å²) in [6.07, 6.45) is 1.31. The Hall–Kier alpha value is -2.45. The Kier molecular flexibility index (Phi) is 5.55. The number of carbonyl (C=O) groups excluding carboxylic acids is 1. The van der Waals surface area contributed by atoms with Crippen molar-refractivity contribution in [3.05, 3.63) is 65.1 Å². The highest BCUT2D eigenvalue weighted by Gasteiger charge is 2.31. The average molecular weight is 445 g/mol. The van der Waals surface area contributed by atoms with Crippen LogP contribution in [0.2, 0.25) is 0 Å². The summed E-state index contributed by atoms with van der Waals surface area (Å²) in [6.45, 7) is 4.70. The highest BCUT2D eigenvalue weighted by molar-refractivity contribution is 7.99. The van der Waals surface area contributed by atoms with Crippen molar-refractivity contribution in [3.63, 3.8) is 0 Å². The second-order valence-corrected chi connectivity index (χ2v) is 10.5. The summed E-state index contributed by atoms with van der Waals surface area (Å²) in [6, 6.07) is 8.81. The number of thioether (sulfide) groups is 1. The first kappa shape index (κ1) is 20.8. The van der Waals surface area contributed by atoms with Gasteiger partial charge in [-0.25, -0.2) is 12.8 Å². The highest BCUT2D eigenvalue weighted by Crippen LogP contribution is 2.33. The molecule has 1 aromatic heterocycles. The third-order valence-corrected chi connectivity index (χ3v) is 7.86. The number of pyridine rings is 1. The van der Waals surface area contributed by atoms with Gasteiger partial charge in [0.15, 0.2) is 0 Å². The topological polar surface area (TPSA) is 67.3 Å². The van der Waals surface area contributed by atoms with Crippen LogP contribution in [-0.4, -0.2) is 48.8 Å². The first-order chi connectivity index (χ1) is 14.3. The van der Waals surface area contributed by atoms with Crippen LogP contribution in [0.25, 0.3) is 10.9 Å². The zero-order valence-electron chi connectivity index (χ0n) is 16.7. The maximum atomic E-state index is 14.1. The molecule has 30 heavy (non-hydrogen) atoms. The minimum Gasteiger partial charge on any atom is -0.337 e. The molecule has 1 amide bonds. The Morgan fingerprint density at radius 1 is 1.07 bits per heavy atom. The first-order valence-corrected chi connectivity index (χ1v) is 12.2. The van der Waals surface area contributed by atoms with E-state index in [1.807, 2.05) is 19.9 Å². The summed E-state index contributed by atoms with van der Waals surface area (Å²) >= 11 is 1.75. The Morgan fingerprint density at radius 3 is 2.40 bits per heavy atom. The van der Waals surface area contributed by atoms with Crippen molar-refractivity contribution >= 4 is 38.4 Å². The van der Waals surface area contributed by atoms with E-state index >= 15 is 0 Å². The van der Waals surface area contributed by atoms with Crippen molar-refractivity contribution in [2.75, 3.05) is 24.6 Å². The fraction of sp³-hybridized carbons (Fsp3) is 0.273. The Bertz CT molecular complexity index is 1230. The molecule has 1 aliphatic heterocycles. The lowest BCUT2D eigenvalue weighted by Gasteiger charge is -2.27. The largest absolute Gasteiger partial charge is 0.337 e. The number of hydrogen-bond acceptors (Lipinski definition) is 5. The van der Waals surface area contributed by atoms with Crippen molar-refractivity contribution in [1.29, 1.82) is 0 Å². The molecule has 0 spiro atoms. The van der Waals surface area contributed by atoms with Crippen LogP contribution < -0.4 is 0 Å². The van der Waals surface area contributed by atoms with Crippen molar-refractivity contribution in [2.24, 2.45) is 0 Å². The van der Waals surface area contributed by atoms with Gasteiger partial charge in [0, 0.05) is 36.2 Å². The zero-order valence-corrected chi connectivity index (χ0v) is 18.3. The van der Waals surface area contributed by atoms with Gasteiger partial charge in [-0.05, 0) is 55.3 Å². The molecule has 0 saturated carbocycles. The molecule has 3 aromatic rings. The quantitative estimate of drug-likeness (QED) is 0.611. The molecular formula is C22H21FN2O3S2. The molecule has 4 rings (SSSR count). The minimum absolute atomic E-state index is 0.0147. The fourth-order valence-electron chi connectivity index (χ4n) is 3.73. The molecule has 0 radical (unpaired) electrons. The molecule has 8 heteroatoms. The smallest absolute Gasteiger partial charge is 0.256 e. The Balaban J connectivity index is 2.00. The van der Waals surface area contributed by atoms with Crippen LogP contribution in [0, 0.1) is 19.7 Å². The summed E-state index contributed by atoms with van der Waals surface area (Å²) in [4.78, 5) is 19.1. The number of aryl methyl sites for hydroxylation is 2. The number of carbonyl (C=O) groups is 1. The molecular weight excluding hydrogens is 423 g/mol. The standard InChI is InChI=1S/C22H21FN2O3S2/c1-14-9-15(2)11-17(10-14)30(27,28)21-18-12-16(23)3-4-20(18)24-13-19(21)22(26)25-5-7-29-8-6-25/h3-4,9-13H,5-8H2,1-2H3. The third kappa shape index (κ3) is 3.81. The number of rotatable bonds is 3. The van der Waals surface area contributed by atoms with Crippen LogP contribution in [0.4, 0.5) is 4.39 Å². The molecule has 0 bridgehead atoms. The van der Waals surface area contributed by atoms with Crippen molar-refractivity contribution in [3.8, 4) is 0 Å². The molecule has 2 heterocycles. The number of benzene rings is 2. The number of halogens is 1. The number of aromatic nitrogens is 1. The van der Waals surface area contributed by atoms with Gasteiger partial charge in [-0.3, -0.25) is 9.78 Å². The van der Waals surface area contributed by atoms with Gasteiger partial charge < -0.3 is 4.90 Å². The van der Waals surface area contributed by atoms with Crippen LogP contribution in [0.5, 0.6) is 0 Å². The minimum atomic E-state index is -4.10. The summed E-state index contributed by atoms with van der Waals surface area (Å²) < 4.78 is 41.6. The SMILES string of the molecule is Cc1cc(C)cc(S(=O)(=O)c2c(C(=O)N3CCSCC3)cnc3ccc(F)cc23)c1. The summed E-state index contributed by atoms with van der Waals surface area (Å²) in [5.41, 5.74) is 1.89. The van der Waals surface area contributed by atoms with Crippen molar-refractivity contribution < 1.29 is 17.6 Å². The predicted molar refractivity (Wildman–Crippen MR) is 116 cm³/mol. The predicted octanol–water partition coefficient (Wildman–Crippen LogP) is 4.01. The molecule has 0 unspecified atom stereocenters. The third-order valence-electron chi connectivity index (χ3n) is 5.08. The number of sulfone groups is 1. The number of fused-ring (bicyclic) bond motifs is 1. The normalized spacial score (nSPS) is 14.8. The maximum Gasteiger partial charge on any atom is 0.256 e. The van der Waals surface area contributed by atoms with Crippen LogP contribution in [0.1, 0.15) is 21.5 Å². The highest BCUT2D eigenvalue weighted by atomic mass is 32.2. The molecule has 0 aliphatic carbocycles. The summed E-state index contributed by atoms with van der Waals surface area (Å²) in [5, 5.41) is 0.117. The van der Waals surface area contributed by atoms with Crippen LogP contribution >= 0.6 is 11.8 Å². The molecule has 1 aliphatic rings. The van der Waals surface area contributed by atoms with E-state index in [0.717, 1.165) is 28.7 Å². The lowest BCUT2D eigenvalue weighted by atomic mass is 10.1. The van der Waals surface area contributed by atoms with E-state index in [-0.39, 0.29) is 20.7 Å². The van der Waals surface area contributed by atoms with Gasteiger partial charge in [0.2, 0.25) is 9.84 Å². The molecule has 1 saturated heterocycles. The van der Waals surface area contributed by atoms with Crippen LogP contribution in [0.3, 0.4) is 0 Å². The van der Waals surface area contributed by atoms with Gasteiger partial charge in [0.25, 0.3) is 5.91 Å². The lowest BCUT2D eigenvalue weighted by Crippen LogP contribution is -2.38. The summed E-state index contributed by atoms with van der Waals surface area (Å²) in [5.74, 6) is 0.609. The average Bonchev–Trinajstić information content (AvgIpc) is 2.72. The van der Waals surface area contributed by atoms with E-state index in [1.54, 1.807) is 28.8 Å². The number of hydrogen-bond donors (Lipinski definition) is 0. The van der Waals surface area contributed by atoms with Gasteiger partial charge in [-0.15, -0.1) is 0 Å². The number of nitrogens with zero attached hydrogens (tertiary/aromatic N) is 2.